The molecule has 2 unspecified atom stereocenters. The number of rotatable bonds is 9. The largest absolute Gasteiger partial charge is 0.461 e. The van der Waals surface area contributed by atoms with Crippen molar-refractivity contribution in [3.63, 3.8) is 0 Å². The number of hydrogen-bond acceptors (Lipinski definition) is 8. The first kappa shape index (κ1) is 20.9. The molecule has 2 fully saturated rings. The fourth-order valence-corrected chi connectivity index (χ4v) is 6.34. The number of carbonyl (C=O) groups excluding carboxylic acids is 2. The minimum Gasteiger partial charge on any atom is -0.461 e. The lowest BCUT2D eigenvalue weighted by atomic mass is 9.97. The molecule has 2 aliphatic rings. The van der Waals surface area contributed by atoms with Crippen molar-refractivity contribution in [2.45, 2.75) is 48.3 Å². The molecular weight excluding hydrogens is 408 g/mol. The Hall–Kier alpha value is -1.32. The molecule has 2 aliphatic heterocycles. The van der Waals surface area contributed by atoms with E-state index >= 15 is 0 Å². The van der Waals surface area contributed by atoms with E-state index in [1.165, 1.54) is 23.5 Å². The lowest BCUT2D eigenvalue weighted by molar-refractivity contribution is -0.125. The zero-order valence-electron chi connectivity index (χ0n) is 16.1. The number of thioether (sulfide) groups is 2. The first-order valence-corrected chi connectivity index (χ1v) is 12.1. The molecule has 4 rings (SSSR count). The van der Waals surface area contributed by atoms with Crippen LogP contribution in [0.1, 0.15) is 25.0 Å². The molecule has 0 bridgehead atoms. The van der Waals surface area contributed by atoms with Crippen LogP contribution >= 0.6 is 23.5 Å². The summed E-state index contributed by atoms with van der Waals surface area (Å²) >= 11 is 3.03. The molecule has 0 saturated carbocycles. The number of aliphatic hydroxyl groups excluding tert-OH is 1. The van der Waals surface area contributed by atoms with Crippen LogP contribution in [0.4, 0.5) is 0 Å². The second kappa shape index (κ2) is 9.66. The highest BCUT2D eigenvalue weighted by atomic mass is 32.2. The molecule has 0 amide bonds. The number of para-hydroxylation sites is 1. The van der Waals surface area contributed by atoms with Gasteiger partial charge >= 0.3 is 0 Å². The summed E-state index contributed by atoms with van der Waals surface area (Å²) in [5.74, 6) is 2.39. The SMILES string of the molecule is O=C(CCCCc1cc2ccccc2o1)C1SCN[C@@H]1C(=O)C1SCN[C@@H]1CO. The third kappa shape index (κ3) is 4.72. The van der Waals surface area contributed by atoms with Crippen molar-refractivity contribution < 1.29 is 19.1 Å². The molecule has 2 aromatic rings. The van der Waals surface area contributed by atoms with E-state index in [1.54, 1.807) is 0 Å². The van der Waals surface area contributed by atoms with Gasteiger partial charge in [0.25, 0.3) is 0 Å². The van der Waals surface area contributed by atoms with Gasteiger partial charge in [0.15, 0.2) is 5.78 Å². The molecule has 8 heteroatoms. The summed E-state index contributed by atoms with van der Waals surface area (Å²) in [4.78, 5) is 25.7. The summed E-state index contributed by atoms with van der Waals surface area (Å²) in [7, 11) is 0. The van der Waals surface area contributed by atoms with Crippen LogP contribution in [0.2, 0.25) is 0 Å². The van der Waals surface area contributed by atoms with Crippen LogP contribution in [0.25, 0.3) is 11.0 Å². The summed E-state index contributed by atoms with van der Waals surface area (Å²) in [5.41, 5.74) is 0.897. The molecule has 0 radical (unpaired) electrons. The van der Waals surface area contributed by atoms with E-state index in [0.717, 1.165) is 36.0 Å². The molecule has 1 aromatic heterocycles. The number of aryl methyl sites for hydroxylation is 1. The van der Waals surface area contributed by atoms with Gasteiger partial charge in [0, 0.05) is 36.0 Å². The molecule has 6 nitrogen and oxygen atoms in total. The van der Waals surface area contributed by atoms with E-state index in [2.05, 4.69) is 16.7 Å². The van der Waals surface area contributed by atoms with Crippen molar-refractivity contribution >= 4 is 46.1 Å². The van der Waals surface area contributed by atoms with E-state index in [0.29, 0.717) is 18.2 Å². The molecule has 0 spiro atoms. The van der Waals surface area contributed by atoms with Gasteiger partial charge in [-0.05, 0) is 25.0 Å². The van der Waals surface area contributed by atoms with Crippen LogP contribution in [0.3, 0.4) is 0 Å². The summed E-state index contributed by atoms with van der Waals surface area (Å²) in [6, 6.07) is 9.34. The summed E-state index contributed by atoms with van der Waals surface area (Å²) in [6.45, 7) is -0.0658. The average molecular weight is 435 g/mol. The molecule has 4 atom stereocenters. The Morgan fingerprint density at radius 2 is 1.90 bits per heavy atom. The minimum absolute atomic E-state index is 0.0321. The average Bonchev–Trinajstić information content (AvgIpc) is 3.48. The Morgan fingerprint density at radius 3 is 2.72 bits per heavy atom. The molecule has 3 heterocycles. The molecule has 156 valence electrons. The monoisotopic (exact) mass is 434 g/mol. The van der Waals surface area contributed by atoms with E-state index in [-0.39, 0.29) is 34.7 Å². The smallest absolute Gasteiger partial charge is 0.165 e. The fraction of sp³-hybridized carbons (Fsp3) is 0.524. The maximum atomic E-state index is 12.9. The minimum atomic E-state index is -0.450. The number of furan rings is 1. The standard InChI is InChI=1S/C21H26N2O4S2/c24-10-15-20(28-11-22-15)19(26)18-21(29-12-23-18)16(25)7-3-2-6-14-9-13-5-1-4-8-17(13)27-14/h1,4-5,8-9,15,18,20-24H,2-3,6-7,10-12H2/t15-,18-,20?,21?/m1/s1. The zero-order chi connectivity index (χ0) is 20.2. The van der Waals surface area contributed by atoms with Gasteiger partial charge in [0.2, 0.25) is 0 Å². The van der Waals surface area contributed by atoms with E-state index in [9.17, 15) is 14.7 Å². The van der Waals surface area contributed by atoms with Gasteiger partial charge in [-0.2, -0.15) is 0 Å². The van der Waals surface area contributed by atoms with Gasteiger partial charge < -0.3 is 14.8 Å². The van der Waals surface area contributed by atoms with Crippen molar-refractivity contribution in [3.05, 3.63) is 36.1 Å². The molecule has 2 saturated heterocycles. The van der Waals surface area contributed by atoms with Gasteiger partial charge in [0.1, 0.15) is 17.1 Å². The number of unbranched alkanes of at least 4 members (excludes halogenated alkanes) is 1. The first-order valence-electron chi connectivity index (χ1n) is 10.0. The fourth-order valence-electron chi connectivity index (χ4n) is 3.95. The van der Waals surface area contributed by atoms with Crippen molar-refractivity contribution in [1.29, 1.82) is 0 Å². The van der Waals surface area contributed by atoms with Crippen LogP contribution in [0.5, 0.6) is 0 Å². The molecular formula is C21H26N2O4S2. The first-order chi connectivity index (χ1) is 14.2. The number of aliphatic hydroxyl groups is 1. The number of carbonyl (C=O) groups is 2. The highest BCUT2D eigenvalue weighted by Gasteiger charge is 2.44. The van der Waals surface area contributed by atoms with E-state index in [4.69, 9.17) is 4.42 Å². The summed E-state index contributed by atoms with van der Waals surface area (Å²) in [5, 5.41) is 16.3. The third-order valence-corrected chi connectivity index (χ3v) is 8.00. The third-order valence-electron chi connectivity index (χ3n) is 5.52. The van der Waals surface area contributed by atoms with Crippen LogP contribution in [-0.2, 0) is 16.0 Å². The highest BCUT2D eigenvalue weighted by molar-refractivity contribution is 8.01. The molecule has 29 heavy (non-hydrogen) atoms. The van der Waals surface area contributed by atoms with Crippen molar-refractivity contribution in [1.82, 2.24) is 10.6 Å². The lowest BCUT2D eigenvalue weighted by Gasteiger charge is -2.22. The van der Waals surface area contributed by atoms with Crippen molar-refractivity contribution in [2.24, 2.45) is 0 Å². The van der Waals surface area contributed by atoms with E-state index in [1.807, 2.05) is 24.3 Å². The maximum Gasteiger partial charge on any atom is 0.165 e. The zero-order valence-corrected chi connectivity index (χ0v) is 17.8. The van der Waals surface area contributed by atoms with Gasteiger partial charge in [-0.15, -0.1) is 23.5 Å². The number of benzene rings is 1. The summed E-state index contributed by atoms with van der Waals surface area (Å²) < 4.78 is 5.83. The predicted octanol–water partition coefficient (Wildman–Crippen LogP) is 2.34. The Morgan fingerprint density at radius 1 is 1.10 bits per heavy atom. The Balaban J connectivity index is 1.26. The highest BCUT2D eigenvalue weighted by Crippen LogP contribution is 2.30. The van der Waals surface area contributed by atoms with Crippen molar-refractivity contribution in [3.8, 4) is 0 Å². The topological polar surface area (TPSA) is 91.6 Å². The number of Topliss-reactive ketones (excluding diaryl/α,β-unsaturated/α-hetero) is 2. The number of nitrogens with one attached hydrogen (secondary N) is 2. The van der Waals surface area contributed by atoms with Crippen LogP contribution in [-0.4, -0.2) is 57.6 Å². The van der Waals surface area contributed by atoms with Crippen LogP contribution in [0, 0.1) is 0 Å². The number of hydrogen-bond donors (Lipinski definition) is 3. The quantitative estimate of drug-likeness (QED) is 0.518. The normalized spacial score (nSPS) is 26.9. The van der Waals surface area contributed by atoms with Crippen LogP contribution < -0.4 is 10.6 Å². The predicted molar refractivity (Wildman–Crippen MR) is 117 cm³/mol. The second-order valence-electron chi connectivity index (χ2n) is 7.46. The summed E-state index contributed by atoms with van der Waals surface area (Å²) in [6.07, 6.45) is 2.95. The van der Waals surface area contributed by atoms with Gasteiger partial charge in [-0.3, -0.25) is 14.9 Å². The lowest BCUT2D eigenvalue weighted by Crippen LogP contribution is -2.50. The van der Waals surface area contributed by atoms with Crippen molar-refractivity contribution in [2.75, 3.05) is 18.4 Å². The molecule has 1 aromatic carbocycles. The van der Waals surface area contributed by atoms with Gasteiger partial charge in [-0.25, -0.2) is 0 Å². The van der Waals surface area contributed by atoms with Gasteiger partial charge in [-0.1, -0.05) is 18.2 Å². The number of fused-ring (bicyclic) bond motifs is 1. The van der Waals surface area contributed by atoms with E-state index < -0.39 is 6.04 Å². The Bertz CT molecular complexity index is 838. The molecule has 0 aliphatic carbocycles. The van der Waals surface area contributed by atoms with Crippen LogP contribution in [0.15, 0.2) is 34.7 Å². The maximum absolute atomic E-state index is 12.9. The molecule has 3 N–H and O–H groups in total. The van der Waals surface area contributed by atoms with Gasteiger partial charge in [0.05, 0.1) is 23.1 Å². The number of ketones is 2. The second-order valence-corrected chi connectivity index (χ2v) is 9.72. The Labute approximate surface area is 178 Å². The Kier molecular flexibility index (Phi) is 6.97.